The lowest BCUT2D eigenvalue weighted by Gasteiger charge is -2.11. The van der Waals surface area contributed by atoms with Crippen LogP contribution in [0.15, 0.2) is 35.6 Å². The minimum absolute atomic E-state index is 0.0433. The number of nitrogens with zero attached hydrogens (tertiary/aromatic N) is 4. The number of aryl methyl sites for hydroxylation is 3. The topological polar surface area (TPSA) is 96.2 Å². The van der Waals surface area contributed by atoms with Gasteiger partial charge >= 0.3 is 0 Å². The number of nitrogens with one attached hydrogen (secondary N) is 3. The van der Waals surface area contributed by atoms with Crippen molar-refractivity contribution in [3.05, 3.63) is 42.0 Å². The Morgan fingerprint density at radius 3 is 2.81 bits per heavy atom. The van der Waals surface area contributed by atoms with Crippen LogP contribution in [0.2, 0.25) is 0 Å². The number of pyridine rings is 1. The molecule has 0 fully saturated rings. The van der Waals surface area contributed by atoms with E-state index in [0.717, 1.165) is 37.4 Å². The van der Waals surface area contributed by atoms with Gasteiger partial charge in [-0.15, -0.1) is 0 Å². The average molecular weight is 357 g/mol. The summed E-state index contributed by atoms with van der Waals surface area (Å²) < 4.78 is 2.00. The SMILES string of the molecule is CCNC(=NCC(=O)Nc1cccnc1)NCCCn1nc(C)cc1C. The number of anilines is 1. The molecule has 0 saturated carbocycles. The van der Waals surface area contributed by atoms with Crippen molar-refractivity contribution >= 4 is 17.6 Å². The van der Waals surface area contributed by atoms with Crippen LogP contribution in [0.3, 0.4) is 0 Å². The smallest absolute Gasteiger partial charge is 0.246 e. The van der Waals surface area contributed by atoms with E-state index in [-0.39, 0.29) is 12.5 Å². The van der Waals surface area contributed by atoms with Crippen molar-refractivity contribution in [3.63, 3.8) is 0 Å². The number of guanidine groups is 1. The molecule has 0 radical (unpaired) electrons. The fourth-order valence-corrected chi connectivity index (χ4v) is 2.47. The first-order valence-corrected chi connectivity index (χ1v) is 8.81. The van der Waals surface area contributed by atoms with E-state index in [9.17, 15) is 4.79 Å². The van der Waals surface area contributed by atoms with Crippen molar-refractivity contribution in [2.45, 2.75) is 33.7 Å². The monoisotopic (exact) mass is 357 g/mol. The van der Waals surface area contributed by atoms with Crippen LogP contribution >= 0.6 is 0 Å². The fourth-order valence-electron chi connectivity index (χ4n) is 2.47. The summed E-state index contributed by atoms with van der Waals surface area (Å²) in [6, 6.07) is 5.63. The number of carbonyl (C=O) groups is 1. The van der Waals surface area contributed by atoms with E-state index < -0.39 is 0 Å². The second-order valence-corrected chi connectivity index (χ2v) is 5.92. The lowest BCUT2D eigenvalue weighted by atomic mass is 10.4. The number of aliphatic imine (C=N–C) groups is 1. The average Bonchev–Trinajstić information content (AvgIpc) is 2.94. The highest BCUT2D eigenvalue weighted by Gasteiger charge is 2.04. The normalized spacial score (nSPS) is 11.3. The van der Waals surface area contributed by atoms with Crippen LogP contribution in [0.4, 0.5) is 5.69 Å². The van der Waals surface area contributed by atoms with Crippen molar-refractivity contribution in [3.8, 4) is 0 Å². The molecule has 0 spiro atoms. The van der Waals surface area contributed by atoms with Gasteiger partial charge in [-0.2, -0.15) is 5.10 Å². The summed E-state index contributed by atoms with van der Waals surface area (Å²) in [7, 11) is 0. The Balaban J connectivity index is 1.76. The van der Waals surface area contributed by atoms with Gasteiger partial charge in [-0.1, -0.05) is 0 Å². The van der Waals surface area contributed by atoms with Crippen molar-refractivity contribution in [2.24, 2.45) is 4.99 Å². The molecule has 8 heteroatoms. The summed E-state index contributed by atoms with van der Waals surface area (Å²) in [6.07, 6.45) is 4.17. The Bertz CT molecular complexity index is 724. The molecule has 0 aliphatic carbocycles. The van der Waals surface area contributed by atoms with Crippen LogP contribution < -0.4 is 16.0 Å². The minimum atomic E-state index is -0.183. The van der Waals surface area contributed by atoms with Gasteiger partial charge in [0.1, 0.15) is 6.54 Å². The van der Waals surface area contributed by atoms with Crippen molar-refractivity contribution in [1.29, 1.82) is 0 Å². The van der Waals surface area contributed by atoms with Crippen LogP contribution in [0.1, 0.15) is 24.7 Å². The molecule has 8 nitrogen and oxygen atoms in total. The Labute approximate surface area is 154 Å². The zero-order valence-corrected chi connectivity index (χ0v) is 15.6. The van der Waals surface area contributed by atoms with Gasteiger partial charge in [0.25, 0.3) is 0 Å². The van der Waals surface area contributed by atoms with E-state index >= 15 is 0 Å². The Kier molecular flexibility index (Phi) is 7.60. The molecule has 3 N–H and O–H groups in total. The number of hydrogen-bond donors (Lipinski definition) is 3. The first-order chi connectivity index (χ1) is 12.6. The third kappa shape index (κ3) is 6.54. The highest BCUT2D eigenvalue weighted by Crippen LogP contribution is 2.03. The lowest BCUT2D eigenvalue weighted by Crippen LogP contribution is -2.38. The summed E-state index contributed by atoms with van der Waals surface area (Å²) >= 11 is 0. The van der Waals surface area contributed by atoms with Crippen molar-refractivity contribution in [1.82, 2.24) is 25.4 Å². The molecule has 2 heterocycles. The molecule has 2 rings (SSSR count). The van der Waals surface area contributed by atoms with Gasteiger partial charge in [0, 0.05) is 31.5 Å². The predicted octanol–water partition coefficient (Wildman–Crippen LogP) is 1.48. The molecule has 0 aliphatic heterocycles. The van der Waals surface area contributed by atoms with E-state index in [1.165, 1.54) is 0 Å². The van der Waals surface area contributed by atoms with Crippen molar-refractivity contribution < 1.29 is 4.79 Å². The van der Waals surface area contributed by atoms with Crippen molar-refractivity contribution in [2.75, 3.05) is 25.0 Å². The maximum atomic E-state index is 12.0. The van der Waals surface area contributed by atoms with E-state index in [1.807, 2.05) is 18.5 Å². The number of hydrogen-bond acceptors (Lipinski definition) is 4. The highest BCUT2D eigenvalue weighted by molar-refractivity contribution is 5.93. The molecule has 26 heavy (non-hydrogen) atoms. The van der Waals surface area contributed by atoms with Crippen LogP contribution in [0.25, 0.3) is 0 Å². The summed E-state index contributed by atoms with van der Waals surface area (Å²) in [5.74, 6) is 0.444. The van der Waals surface area contributed by atoms with Crippen LogP contribution in [-0.4, -0.2) is 46.3 Å². The van der Waals surface area contributed by atoms with E-state index in [4.69, 9.17) is 0 Å². The molecule has 140 valence electrons. The van der Waals surface area contributed by atoms with E-state index in [2.05, 4.69) is 44.0 Å². The van der Waals surface area contributed by atoms with E-state index in [1.54, 1.807) is 24.5 Å². The lowest BCUT2D eigenvalue weighted by molar-refractivity contribution is -0.114. The quantitative estimate of drug-likeness (QED) is 0.378. The number of amides is 1. The predicted molar refractivity (Wildman–Crippen MR) is 103 cm³/mol. The summed E-state index contributed by atoms with van der Waals surface area (Å²) in [5, 5.41) is 13.6. The molecular weight excluding hydrogens is 330 g/mol. The third-order valence-electron chi connectivity index (χ3n) is 3.61. The number of carbonyl (C=O) groups excluding carboxylic acids is 1. The molecule has 1 amide bonds. The molecule has 0 atom stereocenters. The van der Waals surface area contributed by atoms with Gasteiger partial charge in [0.15, 0.2) is 5.96 Å². The zero-order valence-electron chi connectivity index (χ0n) is 15.6. The Morgan fingerprint density at radius 1 is 1.31 bits per heavy atom. The first-order valence-electron chi connectivity index (χ1n) is 8.81. The molecule has 0 bridgehead atoms. The van der Waals surface area contributed by atoms with Gasteiger partial charge in [0.05, 0.1) is 17.6 Å². The maximum Gasteiger partial charge on any atom is 0.246 e. The largest absolute Gasteiger partial charge is 0.357 e. The third-order valence-corrected chi connectivity index (χ3v) is 3.61. The van der Waals surface area contributed by atoms with Gasteiger partial charge in [-0.05, 0) is 45.4 Å². The van der Waals surface area contributed by atoms with E-state index in [0.29, 0.717) is 11.6 Å². The molecule has 2 aromatic rings. The molecule has 0 saturated heterocycles. The maximum absolute atomic E-state index is 12.0. The van der Waals surface area contributed by atoms with Crippen LogP contribution in [0, 0.1) is 13.8 Å². The summed E-state index contributed by atoms with van der Waals surface area (Å²) in [6.45, 7) is 8.40. The fraction of sp³-hybridized carbons (Fsp3) is 0.444. The zero-order chi connectivity index (χ0) is 18.8. The van der Waals surface area contributed by atoms with Gasteiger partial charge in [-0.3, -0.25) is 14.5 Å². The Morgan fingerprint density at radius 2 is 2.15 bits per heavy atom. The second kappa shape index (κ2) is 10.2. The summed E-state index contributed by atoms with van der Waals surface area (Å²) in [4.78, 5) is 20.2. The molecule has 2 aromatic heterocycles. The van der Waals surface area contributed by atoms with Gasteiger partial charge in [-0.25, -0.2) is 4.99 Å². The molecule has 0 aromatic carbocycles. The number of rotatable bonds is 8. The van der Waals surface area contributed by atoms with Crippen LogP contribution in [-0.2, 0) is 11.3 Å². The molecule has 0 aliphatic rings. The highest BCUT2D eigenvalue weighted by atomic mass is 16.1. The molecule has 0 unspecified atom stereocenters. The van der Waals surface area contributed by atoms with Crippen LogP contribution in [0.5, 0.6) is 0 Å². The standard InChI is InChI=1S/C18H27N7O/c1-4-20-18(21-9-6-10-25-15(3)11-14(2)24-25)22-13-17(26)23-16-7-5-8-19-12-16/h5,7-8,11-12H,4,6,9-10,13H2,1-3H3,(H,23,26)(H2,20,21,22). The Hall–Kier alpha value is -2.90. The molecular formula is C18H27N7O. The second-order valence-electron chi connectivity index (χ2n) is 5.92. The number of aromatic nitrogens is 3. The minimum Gasteiger partial charge on any atom is -0.357 e. The van der Waals surface area contributed by atoms with Gasteiger partial charge < -0.3 is 16.0 Å². The summed E-state index contributed by atoms with van der Waals surface area (Å²) in [5.41, 5.74) is 2.86. The van der Waals surface area contributed by atoms with Gasteiger partial charge in [0.2, 0.25) is 5.91 Å². The first kappa shape index (κ1) is 19.4.